The third kappa shape index (κ3) is 6.06. The molecule has 2 atom stereocenters. The first-order valence-electron chi connectivity index (χ1n) is 8.38. The van der Waals surface area contributed by atoms with Gasteiger partial charge in [0, 0.05) is 6.54 Å². The van der Waals surface area contributed by atoms with E-state index in [1.54, 1.807) is 0 Å². The van der Waals surface area contributed by atoms with Gasteiger partial charge in [0.05, 0.1) is 12.7 Å². The summed E-state index contributed by atoms with van der Waals surface area (Å²) in [5.74, 6) is 1.61. The summed E-state index contributed by atoms with van der Waals surface area (Å²) in [5, 5.41) is 13.0. The molecule has 0 amide bonds. The summed E-state index contributed by atoms with van der Waals surface area (Å²) in [6.45, 7) is 4.92. The Hall–Kier alpha value is -1.06. The predicted molar refractivity (Wildman–Crippen MR) is 86.5 cm³/mol. The van der Waals surface area contributed by atoms with Crippen LogP contribution < -0.4 is 10.1 Å². The fourth-order valence-electron chi connectivity index (χ4n) is 2.90. The van der Waals surface area contributed by atoms with Crippen LogP contribution in [-0.2, 0) is 6.54 Å². The van der Waals surface area contributed by atoms with E-state index in [-0.39, 0.29) is 6.10 Å². The minimum Gasteiger partial charge on any atom is -0.494 e. The maximum absolute atomic E-state index is 9.51. The van der Waals surface area contributed by atoms with E-state index >= 15 is 0 Å². The SMILES string of the molecule is CCCCCOc1ccc(CNCC2CCC(O)C2)cc1. The van der Waals surface area contributed by atoms with Crippen LogP contribution in [0.4, 0.5) is 0 Å². The summed E-state index contributed by atoms with van der Waals surface area (Å²) in [7, 11) is 0. The smallest absolute Gasteiger partial charge is 0.119 e. The van der Waals surface area contributed by atoms with Gasteiger partial charge in [0.25, 0.3) is 0 Å². The highest BCUT2D eigenvalue weighted by molar-refractivity contribution is 5.27. The third-order valence-corrected chi connectivity index (χ3v) is 4.22. The van der Waals surface area contributed by atoms with Gasteiger partial charge < -0.3 is 15.2 Å². The average Bonchev–Trinajstić information content (AvgIpc) is 2.91. The zero-order chi connectivity index (χ0) is 14.9. The predicted octanol–water partition coefficient (Wildman–Crippen LogP) is 3.51. The molecule has 1 fully saturated rings. The molecular formula is C18H29NO2. The Morgan fingerprint density at radius 1 is 1.19 bits per heavy atom. The molecule has 0 bridgehead atoms. The highest BCUT2D eigenvalue weighted by Gasteiger charge is 2.21. The van der Waals surface area contributed by atoms with Crippen LogP contribution in [0.25, 0.3) is 0 Å². The second-order valence-corrected chi connectivity index (χ2v) is 6.16. The van der Waals surface area contributed by atoms with Gasteiger partial charge in [0.1, 0.15) is 5.75 Å². The van der Waals surface area contributed by atoms with Crippen LogP contribution in [0.2, 0.25) is 0 Å². The molecule has 3 heteroatoms. The standard InChI is InChI=1S/C18H29NO2/c1-2-3-4-11-21-18-9-6-15(7-10-18)13-19-14-16-5-8-17(20)12-16/h6-7,9-10,16-17,19-20H,2-5,8,11-14H2,1H3. The van der Waals surface area contributed by atoms with Gasteiger partial charge in [-0.15, -0.1) is 0 Å². The monoisotopic (exact) mass is 291 g/mol. The van der Waals surface area contributed by atoms with E-state index in [1.807, 2.05) is 0 Å². The van der Waals surface area contributed by atoms with Crippen LogP contribution in [0.3, 0.4) is 0 Å². The number of aliphatic hydroxyl groups is 1. The van der Waals surface area contributed by atoms with E-state index in [9.17, 15) is 5.11 Å². The summed E-state index contributed by atoms with van der Waals surface area (Å²) < 4.78 is 5.71. The van der Waals surface area contributed by atoms with Gasteiger partial charge in [0.15, 0.2) is 0 Å². The molecule has 21 heavy (non-hydrogen) atoms. The van der Waals surface area contributed by atoms with Crippen LogP contribution in [0.1, 0.15) is 51.0 Å². The second-order valence-electron chi connectivity index (χ2n) is 6.16. The Labute approximate surface area is 128 Å². The number of unbranched alkanes of at least 4 members (excludes halogenated alkanes) is 2. The molecule has 2 rings (SSSR count). The Morgan fingerprint density at radius 2 is 2.00 bits per heavy atom. The molecule has 1 aromatic carbocycles. The number of benzene rings is 1. The number of rotatable bonds is 9. The van der Waals surface area contributed by atoms with E-state index in [4.69, 9.17) is 4.74 Å². The van der Waals surface area contributed by atoms with E-state index in [0.29, 0.717) is 5.92 Å². The lowest BCUT2D eigenvalue weighted by Gasteiger charge is -2.11. The molecular weight excluding hydrogens is 262 g/mol. The van der Waals surface area contributed by atoms with Crippen molar-refractivity contribution < 1.29 is 9.84 Å². The van der Waals surface area contributed by atoms with E-state index in [0.717, 1.165) is 51.1 Å². The summed E-state index contributed by atoms with van der Waals surface area (Å²) in [6, 6.07) is 8.38. The van der Waals surface area contributed by atoms with E-state index in [2.05, 4.69) is 36.5 Å². The average molecular weight is 291 g/mol. The van der Waals surface area contributed by atoms with Crippen LogP contribution in [0.5, 0.6) is 5.75 Å². The Balaban J connectivity index is 1.62. The fourth-order valence-corrected chi connectivity index (χ4v) is 2.90. The molecule has 1 saturated carbocycles. The fraction of sp³-hybridized carbons (Fsp3) is 0.667. The molecule has 1 aliphatic rings. The van der Waals surface area contributed by atoms with Crippen molar-refractivity contribution in [2.45, 2.75) is 58.1 Å². The van der Waals surface area contributed by atoms with Gasteiger partial charge in [-0.25, -0.2) is 0 Å². The maximum atomic E-state index is 9.51. The molecule has 118 valence electrons. The Morgan fingerprint density at radius 3 is 2.67 bits per heavy atom. The largest absolute Gasteiger partial charge is 0.494 e. The van der Waals surface area contributed by atoms with Crippen molar-refractivity contribution in [3.8, 4) is 5.75 Å². The van der Waals surface area contributed by atoms with Crippen molar-refractivity contribution in [2.75, 3.05) is 13.2 Å². The van der Waals surface area contributed by atoms with Crippen molar-refractivity contribution in [1.29, 1.82) is 0 Å². The molecule has 0 radical (unpaired) electrons. The zero-order valence-corrected chi connectivity index (χ0v) is 13.2. The highest BCUT2D eigenvalue weighted by Crippen LogP contribution is 2.24. The van der Waals surface area contributed by atoms with Crippen molar-refractivity contribution >= 4 is 0 Å². The van der Waals surface area contributed by atoms with Crippen LogP contribution in [-0.4, -0.2) is 24.4 Å². The molecule has 3 nitrogen and oxygen atoms in total. The first-order chi connectivity index (χ1) is 10.3. The lowest BCUT2D eigenvalue weighted by atomic mass is 10.1. The number of nitrogens with one attached hydrogen (secondary N) is 1. The summed E-state index contributed by atoms with van der Waals surface area (Å²) in [5.41, 5.74) is 1.29. The molecule has 0 aliphatic heterocycles. The normalized spacial score (nSPS) is 21.6. The molecule has 0 spiro atoms. The first kappa shape index (κ1) is 16.3. The number of ether oxygens (including phenoxy) is 1. The van der Waals surface area contributed by atoms with Crippen LogP contribution in [0.15, 0.2) is 24.3 Å². The quantitative estimate of drug-likeness (QED) is 0.684. The van der Waals surface area contributed by atoms with Crippen molar-refractivity contribution in [1.82, 2.24) is 5.32 Å². The molecule has 0 saturated heterocycles. The molecule has 1 aromatic rings. The topological polar surface area (TPSA) is 41.5 Å². The van der Waals surface area contributed by atoms with Gasteiger partial charge in [-0.1, -0.05) is 31.9 Å². The Kier molecular flexibility index (Phi) is 7.04. The van der Waals surface area contributed by atoms with Crippen molar-refractivity contribution in [3.63, 3.8) is 0 Å². The maximum Gasteiger partial charge on any atom is 0.119 e. The van der Waals surface area contributed by atoms with Gasteiger partial charge in [-0.05, 0) is 55.8 Å². The highest BCUT2D eigenvalue weighted by atomic mass is 16.5. The van der Waals surface area contributed by atoms with Crippen molar-refractivity contribution in [2.24, 2.45) is 5.92 Å². The van der Waals surface area contributed by atoms with E-state index < -0.39 is 0 Å². The number of hydrogen-bond donors (Lipinski definition) is 2. The van der Waals surface area contributed by atoms with Gasteiger partial charge in [-0.2, -0.15) is 0 Å². The lowest BCUT2D eigenvalue weighted by molar-refractivity contribution is 0.177. The minimum absolute atomic E-state index is 0.0686. The molecule has 2 N–H and O–H groups in total. The van der Waals surface area contributed by atoms with E-state index in [1.165, 1.54) is 18.4 Å². The van der Waals surface area contributed by atoms with Crippen LogP contribution in [0, 0.1) is 5.92 Å². The molecule has 1 aliphatic carbocycles. The first-order valence-corrected chi connectivity index (χ1v) is 8.38. The number of aliphatic hydroxyl groups excluding tert-OH is 1. The van der Waals surface area contributed by atoms with Gasteiger partial charge >= 0.3 is 0 Å². The summed E-state index contributed by atoms with van der Waals surface area (Å²) in [6.07, 6.45) is 6.60. The zero-order valence-electron chi connectivity index (χ0n) is 13.2. The van der Waals surface area contributed by atoms with Gasteiger partial charge in [0.2, 0.25) is 0 Å². The Bertz CT molecular complexity index is 391. The molecule has 0 aromatic heterocycles. The van der Waals surface area contributed by atoms with Gasteiger partial charge in [-0.3, -0.25) is 0 Å². The third-order valence-electron chi connectivity index (χ3n) is 4.22. The summed E-state index contributed by atoms with van der Waals surface area (Å²) in [4.78, 5) is 0. The second kappa shape index (κ2) is 9.06. The lowest BCUT2D eigenvalue weighted by Crippen LogP contribution is -2.21. The van der Waals surface area contributed by atoms with Crippen LogP contribution >= 0.6 is 0 Å². The molecule has 2 unspecified atom stereocenters. The minimum atomic E-state index is -0.0686. The number of hydrogen-bond acceptors (Lipinski definition) is 3. The van der Waals surface area contributed by atoms with Crippen molar-refractivity contribution in [3.05, 3.63) is 29.8 Å². The summed E-state index contributed by atoms with van der Waals surface area (Å²) >= 11 is 0. The molecule has 0 heterocycles.